The molecule has 6 nitrogen and oxygen atoms in total. The fraction of sp³-hybridized carbons (Fsp3) is 0.277. The van der Waals surface area contributed by atoms with Crippen molar-refractivity contribution in [3.05, 3.63) is 228 Å². The van der Waals surface area contributed by atoms with E-state index in [9.17, 15) is 8.00 Å². The number of aromatic nitrogens is 2. The molecule has 0 bridgehead atoms. The lowest BCUT2D eigenvalue weighted by atomic mass is 9.74. The van der Waals surface area contributed by atoms with E-state index in [0.29, 0.717) is 29.3 Å². The largest absolute Gasteiger partial charge is 0.457 e. The van der Waals surface area contributed by atoms with E-state index < -0.39 is 6.04 Å². The van der Waals surface area contributed by atoms with Crippen molar-refractivity contribution in [2.45, 2.75) is 144 Å². The van der Waals surface area contributed by atoms with Crippen molar-refractivity contribution >= 4 is 76.1 Å². The number of thiophene rings is 1. The molecule has 4 heterocycles. The highest BCUT2D eigenvalue weighted by Crippen LogP contribution is 2.53. The predicted molar refractivity (Wildman–Crippen MR) is 384 cm³/mol. The second kappa shape index (κ2) is 22.2. The average molecular weight is 1200 g/mol. The average Bonchev–Trinajstić information content (AvgIpc) is 1.60. The Morgan fingerprint density at radius 3 is 1.82 bits per heavy atom. The van der Waals surface area contributed by atoms with Crippen LogP contribution in [0.1, 0.15) is 157 Å². The monoisotopic (exact) mass is 1200 g/mol. The molecule has 0 atom stereocenters. The first-order valence-corrected chi connectivity index (χ1v) is 32.5. The van der Waals surface area contributed by atoms with Gasteiger partial charge in [0.15, 0.2) is 0 Å². The van der Waals surface area contributed by atoms with Gasteiger partial charge < -0.3 is 14.5 Å². The number of anilines is 4. The molecule has 0 saturated carbocycles. The van der Waals surface area contributed by atoms with Crippen LogP contribution in [0.2, 0.25) is 0 Å². The van der Waals surface area contributed by atoms with Crippen molar-refractivity contribution in [3.63, 3.8) is 0 Å². The first-order valence-electron chi connectivity index (χ1n) is 34.2. The molecular weight excluding hydrogens is 1120 g/mol. The van der Waals surface area contributed by atoms with Crippen molar-refractivity contribution in [2.24, 2.45) is 0 Å². The van der Waals surface area contributed by atoms with Gasteiger partial charge in [-0.1, -0.05) is 213 Å². The second-order valence-corrected chi connectivity index (χ2v) is 30.0. The lowest BCUT2D eigenvalue weighted by molar-refractivity contribution is 0.438. The summed E-state index contributed by atoms with van der Waals surface area (Å²) in [5.74, 6) is 2.08. The molecule has 7 heteroatoms. The number of rotatable bonds is 11. The highest BCUT2D eigenvalue weighted by atomic mass is 32.1. The van der Waals surface area contributed by atoms with Crippen LogP contribution >= 0.6 is 11.3 Å². The summed E-state index contributed by atoms with van der Waals surface area (Å²) < 4.78 is 57.7. The molecule has 3 aromatic heterocycles. The van der Waals surface area contributed by atoms with Crippen molar-refractivity contribution in [3.8, 4) is 56.8 Å². The molecule has 0 saturated heterocycles. The van der Waals surface area contributed by atoms with E-state index in [1.165, 1.54) is 27.8 Å². The molecule has 0 fully saturated rings. The highest BCUT2D eigenvalue weighted by Gasteiger charge is 2.35. The van der Waals surface area contributed by atoms with Gasteiger partial charge in [0.1, 0.15) is 24.0 Å². The Kier molecular flexibility index (Phi) is 13.3. The molecule has 90 heavy (non-hydrogen) atoms. The van der Waals surface area contributed by atoms with Crippen LogP contribution in [0.5, 0.6) is 11.5 Å². The van der Waals surface area contributed by atoms with E-state index in [1.807, 2.05) is 36.5 Å². The lowest BCUT2D eigenvalue weighted by Gasteiger charge is -2.31. The number of nitriles is 1. The molecule has 0 amide bonds. The maximum atomic E-state index is 10.4. The van der Waals surface area contributed by atoms with Gasteiger partial charge in [-0.15, -0.1) is 11.3 Å². The first-order chi connectivity index (χ1) is 44.9. The summed E-state index contributed by atoms with van der Waals surface area (Å²) in [6.45, 7) is 34.2. The van der Waals surface area contributed by atoms with Crippen LogP contribution in [0.4, 0.5) is 22.7 Å². The molecule has 13 rings (SSSR count). The molecule has 0 N–H and O–H groups in total. The fourth-order valence-corrected chi connectivity index (χ4v) is 14.7. The van der Waals surface area contributed by atoms with Crippen molar-refractivity contribution in [1.82, 2.24) is 9.55 Å². The summed E-state index contributed by atoms with van der Waals surface area (Å²) in [5, 5.41) is 14.6. The van der Waals surface area contributed by atoms with Gasteiger partial charge in [0.25, 0.3) is 0 Å². The zero-order chi connectivity index (χ0) is 67.7. The smallest absolute Gasteiger partial charge is 0.137 e. The van der Waals surface area contributed by atoms with E-state index in [1.54, 1.807) is 11.3 Å². The molecule has 0 spiro atoms. The summed E-state index contributed by atoms with van der Waals surface area (Å²) >= 11 is 1.72. The Hall–Kier alpha value is -8.96. The van der Waals surface area contributed by atoms with Crippen LogP contribution in [0, 0.1) is 11.3 Å². The third kappa shape index (κ3) is 10.5. The minimum absolute atomic E-state index is 0.0601. The van der Waals surface area contributed by atoms with Crippen molar-refractivity contribution in [2.75, 3.05) is 16.5 Å². The van der Waals surface area contributed by atoms with Crippen LogP contribution < -0.4 is 14.5 Å². The van der Waals surface area contributed by atoms with Gasteiger partial charge >= 0.3 is 0 Å². The minimum atomic E-state index is -0.437. The van der Waals surface area contributed by atoms with Crippen LogP contribution in [0.15, 0.2) is 194 Å². The van der Waals surface area contributed by atoms with Crippen LogP contribution in [-0.2, 0) is 27.1 Å². The van der Waals surface area contributed by atoms with E-state index in [-0.39, 0.29) is 56.8 Å². The molecule has 0 radical (unpaired) electrons. The summed E-state index contributed by atoms with van der Waals surface area (Å²) in [4.78, 5) is 9.75. The molecule has 1 aliphatic heterocycles. The van der Waals surface area contributed by atoms with Gasteiger partial charge in [0.2, 0.25) is 0 Å². The molecule has 452 valence electrons. The van der Waals surface area contributed by atoms with Gasteiger partial charge in [0, 0.05) is 66.1 Å². The number of hydrogen-bond donors (Lipinski definition) is 0. The zero-order valence-corrected chi connectivity index (χ0v) is 55.6. The Morgan fingerprint density at radius 1 is 0.544 bits per heavy atom. The van der Waals surface area contributed by atoms with Crippen LogP contribution in [0.25, 0.3) is 81.2 Å². The Balaban J connectivity index is 1.05. The molecule has 0 unspecified atom stereocenters. The number of nitrogens with zero attached hydrogens (tertiary/aromatic N) is 5. The van der Waals surface area contributed by atoms with Gasteiger partial charge in [-0.2, -0.15) is 5.26 Å². The SMILES string of the molecule is [2H]c1c([2H])c([2H])c(-c2cccc(-c3cc(C(C)(C)C)cc(C(C)(C)C)c3)c2N2CN(c3cc(Oc4ccc5c6c7sc8cccc(C#N)c8c7ccc6n(-c6cc(C(C)(CC)CC)ccn6)c5c4)cc(-c4c(C(C)(C)C)cccc4C(C)(C)C)c3)c3ccccc32)c([2H])c1[2H]. The Labute approximate surface area is 544 Å². The number of benzene rings is 9. The normalized spacial score (nSPS) is 14.0. The number of pyridine rings is 1. The maximum Gasteiger partial charge on any atom is 0.137 e. The topological polar surface area (TPSA) is 57.3 Å². The Bertz CT molecular complexity index is 5060. The van der Waals surface area contributed by atoms with Crippen molar-refractivity contribution < 1.29 is 11.6 Å². The lowest BCUT2D eigenvalue weighted by Crippen LogP contribution is -2.25. The highest BCUT2D eigenvalue weighted by molar-refractivity contribution is 7.26. The molecule has 12 aromatic rings. The number of para-hydroxylation sites is 3. The second-order valence-electron chi connectivity index (χ2n) is 28.9. The third-order valence-corrected chi connectivity index (χ3v) is 20.1. The summed E-state index contributed by atoms with van der Waals surface area (Å²) in [6.07, 6.45) is 3.89. The third-order valence-electron chi connectivity index (χ3n) is 18.9. The first kappa shape index (κ1) is 54.0. The predicted octanol–water partition coefficient (Wildman–Crippen LogP) is 23.7. The fourth-order valence-electron chi connectivity index (χ4n) is 13.5. The van der Waals surface area contributed by atoms with Gasteiger partial charge in [-0.3, -0.25) is 4.57 Å². The van der Waals surface area contributed by atoms with E-state index in [0.717, 1.165) is 106 Å². The summed E-state index contributed by atoms with van der Waals surface area (Å²) in [5.41, 5.74) is 15.6. The molecular formula is C83H83N5OS. The standard InChI is InChI=1S/C83H83N5OS/c1-16-83(15,17-2)56-40-41-85-73(47-56)88-70-39-38-65-74-53(50-84)28-23-35-72(74)90-78(65)76(70)64-37-36-60(49-71(64)88)89-61-45-55(75-66(81(9,10)11)31-25-32-67(75)82(12,13)14)44-59(48-61)86-51-87(69-34-22-21-33-68(69)86)77-62(52-26-19-18-20-27-52)29-24-30-63(77)54-42-57(79(3,4)5)46-58(43-54)80(6,7)8/h18-49H,16-17,51H2,1-15H3/i18D,19D,20D,26D,27D. The van der Waals surface area contributed by atoms with Gasteiger partial charge in [-0.25, -0.2) is 4.98 Å². The number of fused-ring (bicyclic) bond motifs is 8. The summed E-state index contributed by atoms with van der Waals surface area (Å²) in [6, 6.07) is 56.4. The van der Waals surface area contributed by atoms with E-state index >= 15 is 0 Å². The van der Waals surface area contributed by atoms with Gasteiger partial charge in [-0.05, 0) is 157 Å². The summed E-state index contributed by atoms with van der Waals surface area (Å²) in [7, 11) is 0. The molecule has 9 aromatic carbocycles. The van der Waals surface area contributed by atoms with Crippen LogP contribution in [-0.4, -0.2) is 16.2 Å². The number of ether oxygens (including phenoxy) is 1. The van der Waals surface area contributed by atoms with Gasteiger partial charge in [0.05, 0.1) is 46.6 Å². The molecule has 0 aliphatic carbocycles. The van der Waals surface area contributed by atoms with E-state index in [4.69, 9.17) is 13.8 Å². The number of hydrogen-bond acceptors (Lipinski definition) is 6. The quantitative estimate of drug-likeness (QED) is 0.129. The van der Waals surface area contributed by atoms with E-state index in [2.05, 4.69) is 252 Å². The Morgan fingerprint density at radius 2 is 1.18 bits per heavy atom. The van der Waals surface area contributed by atoms with Crippen molar-refractivity contribution in [1.29, 1.82) is 5.26 Å². The minimum Gasteiger partial charge on any atom is -0.457 e. The maximum absolute atomic E-state index is 10.4. The molecule has 1 aliphatic rings. The zero-order valence-electron chi connectivity index (χ0n) is 59.8. The van der Waals surface area contributed by atoms with Crippen LogP contribution in [0.3, 0.4) is 0 Å².